The number of unbranched alkanes of at least 4 members (excludes halogenated alkanes) is 26. The highest BCUT2D eigenvalue weighted by molar-refractivity contribution is 5.81. The van der Waals surface area contributed by atoms with Gasteiger partial charge in [0.1, 0.15) is 24.4 Å². The zero-order valence-corrected chi connectivity index (χ0v) is 48.3. The lowest BCUT2D eigenvalue weighted by molar-refractivity contribution is -0.305. The van der Waals surface area contributed by atoms with Gasteiger partial charge in [-0.2, -0.15) is 0 Å². The van der Waals surface area contributed by atoms with Gasteiger partial charge in [0.25, 0.3) is 0 Å². The number of hydrogen-bond acceptors (Lipinski definition) is 10. The van der Waals surface area contributed by atoms with Crippen molar-refractivity contribution >= 4 is 11.9 Å². The SMILES string of the molecule is CCCCC/C=C\C/C=C\C/C=C\C/C=C\CCCCCCCCCC(=O)OC1C(OCC(NC(=O)C(O)C/C=C/C/C=C\CCCCCCCC)C(O)/C=C/CCCCCCCCCCCC)OC(CO)C(O)C1O. The summed E-state index contributed by atoms with van der Waals surface area (Å²) in [4.78, 5) is 26.5. The van der Waals surface area contributed by atoms with Gasteiger partial charge in [-0.1, -0.05) is 241 Å². The summed E-state index contributed by atoms with van der Waals surface area (Å²) in [6.07, 6.45) is 57.9. The molecule has 11 heteroatoms. The van der Waals surface area contributed by atoms with Gasteiger partial charge in [-0.25, -0.2) is 0 Å². The second kappa shape index (κ2) is 52.5. The zero-order chi connectivity index (χ0) is 55.4. The molecule has 11 nitrogen and oxygen atoms in total. The number of carbonyl (C=O) groups is 2. The largest absolute Gasteiger partial charge is 0.454 e. The van der Waals surface area contributed by atoms with Crippen molar-refractivity contribution in [3.63, 3.8) is 0 Å². The van der Waals surface area contributed by atoms with Crippen molar-refractivity contribution in [2.24, 2.45) is 0 Å². The van der Waals surface area contributed by atoms with Crippen LogP contribution in [0.2, 0.25) is 0 Å². The van der Waals surface area contributed by atoms with Crippen LogP contribution in [0.4, 0.5) is 0 Å². The number of aliphatic hydroxyl groups is 5. The number of nitrogens with one attached hydrogen (secondary N) is 1. The quantitative estimate of drug-likeness (QED) is 0.0195. The van der Waals surface area contributed by atoms with Gasteiger partial charge in [0.05, 0.1) is 25.4 Å². The predicted octanol–water partition coefficient (Wildman–Crippen LogP) is 14.6. The predicted molar refractivity (Wildman–Crippen MR) is 315 cm³/mol. The second-order valence-corrected chi connectivity index (χ2v) is 21.1. The van der Waals surface area contributed by atoms with Crippen molar-refractivity contribution in [3.8, 4) is 0 Å². The third kappa shape index (κ3) is 40.1. The lowest BCUT2D eigenvalue weighted by atomic mass is 9.99. The Balaban J connectivity index is 2.67. The maximum absolute atomic E-state index is 13.3. The average molecular weight is 1070 g/mol. The Morgan fingerprint density at radius 3 is 1.38 bits per heavy atom. The number of hydrogen-bond donors (Lipinski definition) is 6. The van der Waals surface area contributed by atoms with Crippen LogP contribution in [0.1, 0.15) is 252 Å². The lowest BCUT2D eigenvalue weighted by Crippen LogP contribution is -2.61. The van der Waals surface area contributed by atoms with Crippen LogP contribution in [0.5, 0.6) is 0 Å². The van der Waals surface area contributed by atoms with Gasteiger partial charge < -0.3 is 45.1 Å². The molecule has 76 heavy (non-hydrogen) atoms. The molecule has 8 atom stereocenters. The number of allylic oxidation sites excluding steroid dienone is 12. The second-order valence-electron chi connectivity index (χ2n) is 21.1. The van der Waals surface area contributed by atoms with E-state index in [9.17, 15) is 35.1 Å². The molecule has 0 aromatic carbocycles. The first-order valence-electron chi connectivity index (χ1n) is 30.9. The fourth-order valence-electron chi connectivity index (χ4n) is 9.09. The summed E-state index contributed by atoms with van der Waals surface area (Å²) in [5.74, 6) is -1.28. The van der Waals surface area contributed by atoms with E-state index in [1.807, 2.05) is 12.2 Å². The van der Waals surface area contributed by atoms with E-state index in [4.69, 9.17) is 14.2 Å². The van der Waals surface area contributed by atoms with Crippen molar-refractivity contribution in [3.05, 3.63) is 85.1 Å². The highest BCUT2D eigenvalue weighted by Crippen LogP contribution is 2.26. The number of carbonyl (C=O) groups excluding carboxylic acids is 2. The van der Waals surface area contributed by atoms with Crippen molar-refractivity contribution in [2.75, 3.05) is 13.2 Å². The van der Waals surface area contributed by atoms with Crippen molar-refractivity contribution < 1.29 is 49.3 Å². The van der Waals surface area contributed by atoms with Gasteiger partial charge in [0.15, 0.2) is 12.4 Å². The van der Waals surface area contributed by atoms with E-state index in [0.717, 1.165) is 96.3 Å². The molecule has 1 fully saturated rings. The topological polar surface area (TPSA) is 175 Å². The summed E-state index contributed by atoms with van der Waals surface area (Å²) in [5, 5.41) is 56.8. The van der Waals surface area contributed by atoms with Crippen LogP contribution in [0, 0.1) is 0 Å². The normalized spacial score (nSPS) is 19.7. The maximum Gasteiger partial charge on any atom is 0.306 e. The third-order valence-corrected chi connectivity index (χ3v) is 14.0. The molecule has 0 radical (unpaired) electrons. The fourth-order valence-corrected chi connectivity index (χ4v) is 9.09. The van der Waals surface area contributed by atoms with E-state index in [0.29, 0.717) is 12.8 Å². The molecule has 0 saturated carbocycles. The smallest absolute Gasteiger partial charge is 0.306 e. The van der Waals surface area contributed by atoms with Crippen molar-refractivity contribution in [1.82, 2.24) is 5.32 Å². The Morgan fingerprint density at radius 2 is 0.908 bits per heavy atom. The minimum absolute atomic E-state index is 0.0781. The summed E-state index contributed by atoms with van der Waals surface area (Å²) in [6.45, 7) is 5.69. The molecule has 1 saturated heterocycles. The monoisotopic (exact) mass is 1070 g/mol. The van der Waals surface area contributed by atoms with E-state index in [1.165, 1.54) is 109 Å². The fraction of sp³-hybridized carbons (Fsp3) is 0.754. The van der Waals surface area contributed by atoms with E-state index >= 15 is 0 Å². The molecule has 0 aromatic heterocycles. The van der Waals surface area contributed by atoms with Crippen LogP contribution < -0.4 is 5.32 Å². The van der Waals surface area contributed by atoms with Crippen LogP contribution >= 0.6 is 0 Å². The van der Waals surface area contributed by atoms with Crippen LogP contribution in [-0.2, 0) is 23.8 Å². The summed E-state index contributed by atoms with van der Waals surface area (Å²) in [5.41, 5.74) is 0. The van der Waals surface area contributed by atoms with Gasteiger partial charge in [-0.05, 0) is 83.5 Å². The Hall–Kier alpha value is -3.16. The van der Waals surface area contributed by atoms with Crippen LogP contribution in [0.3, 0.4) is 0 Å². The first-order valence-corrected chi connectivity index (χ1v) is 30.9. The van der Waals surface area contributed by atoms with Crippen LogP contribution in [-0.4, -0.2) is 99.6 Å². The minimum Gasteiger partial charge on any atom is -0.454 e. The van der Waals surface area contributed by atoms with Gasteiger partial charge in [-0.3, -0.25) is 9.59 Å². The molecular weight excluding hydrogens is 955 g/mol. The number of ether oxygens (including phenoxy) is 3. The van der Waals surface area contributed by atoms with Crippen LogP contribution in [0.25, 0.3) is 0 Å². The van der Waals surface area contributed by atoms with E-state index in [2.05, 4.69) is 86.8 Å². The molecule has 6 N–H and O–H groups in total. The van der Waals surface area contributed by atoms with Gasteiger partial charge in [-0.15, -0.1) is 0 Å². The molecular formula is C65H113NO10. The van der Waals surface area contributed by atoms with Gasteiger partial charge in [0, 0.05) is 12.8 Å². The first kappa shape index (κ1) is 70.9. The lowest BCUT2D eigenvalue weighted by Gasteiger charge is -2.41. The number of amides is 1. The molecule has 0 spiro atoms. The minimum atomic E-state index is -1.63. The van der Waals surface area contributed by atoms with E-state index < -0.39 is 67.4 Å². The summed E-state index contributed by atoms with van der Waals surface area (Å²) in [7, 11) is 0. The van der Waals surface area contributed by atoms with Crippen molar-refractivity contribution in [2.45, 2.75) is 301 Å². The number of esters is 1. The zero-order valence-electron chi connectivity index (χ0n) is 48.3. The Morgan fingerprint density at radius 1 is 0.513 bits per heavy atom. The highest BCUT2D eigenvalue weighted by Gasteiger charge is 2.47. The molecule has 1 aliphatic heterocycles. The van der Waals surface area contributed by atoms with Gasteiger partial charge in [0.2, 0.25) is 5.91 Å². The molecule has 0 bridgehead atoms. The molecule has 438 valence electrons. The third-order valence-electron chi connectivity index (χ3n) is 14.0. The van der Waals surface area contributed by atoms with E-state index in [-0.39, 0.29) is 19.4 Å². The molecule has 1 amide bonds. The first-order chi connectivity index (χ1) is 37.2. The molecule has 0 aliphatic carbocycles. The standard InChI is InChI=1S/C65H113NO10/c1-4-7-10-13-16-19-22-25-26-27-28-29-30-31-32-33-34-35-38-41-44-47-50-53-60(70)76-63-62(72)61(71)59(54-67)75-65(63)74-55-56(57(68)51-48-45-42-39-36-23-20-17-14-11-8-5-2)66-64(73)58(69)52-49-46-43-40-37-24-21-18-15-12-9-6-3/h16,19,25-26,28-29,31-32,37,40,46,48-49,51,56-59,61-63,65,67-69,71-72H,4-15,17-18,20-24,27,30,33-36,38-39,41-45,47,50,52-55H2,1-3H3,(H,66,73)/b19-16-,26-25-,29-28-,32-31-,40-37-,49-46+,51-48+. The molecule has 1 aliphatic rings. The molecule has 1 heterocycles. The number of rotatable bonds is 51. The molecule has 0 aromatic rings. The highest BCUT2D eigenvalue weighted by atomic mass is 16.7. The van der Waals surface area contributed by atoms with E-state index in [1.54, 1.807) is 12.2 Å². The number of aliphatic hydroxyl groups excluding tert-OH is 5. The summed E-state index contributed by atoms with van der Waals surface area (Å²) < 4.78 is 17.6. The van der Waals surface area contributed by atoms with Gasteiger partial charge >= 0.3 is 5.97 Å². The Bertz CT molecular complexity index is 1560. The Labute approximate surface area is 463 Å². The molecule has 1 rings (SSSR count). The average Bonchev–Trinajstić information content (AvgIpc) is 3.42. The summed E-state index contributed by atoms with van der Waals surface area (Å²) >= 11 is 0. The maximum atomic E-state index is 13.3. The molecule has 8 unspecified atom stereocenters. The van der Waals surface area contributed by atoms with Crippen LogP contribution in [0.15, 0.2) is 85.1 Å². The summed E-state index contributed by atoms with van der Waals surface area (Å²) in [6, 6.07) is -1.06. The van der Waals surface area contributed by atoms with Crippen molar-refractivity contribution in [1.29, 1.82) is 0 Å². The Kier molecular flexibility index (Phi) is 49.0.